The number of rotatable bonds is 6. The molecule has 1 aromatic heterocycles. The second-order valence-electron chi connectivity index (χ2n) is 5.19. The Morgan fingerprint density at radius 3 is 2.81 bits per heavy atom. The summed E-state index contributed by atoms with van der Waals surface area (Å²) in [7, 11) is 0. The second kappa shape index (κ2) is 7.61. The van der Waals surface area contributed by atoms with Crippen molar-refractivity contribution < 1.29 is 19.2 Å². The van der Waals surface area contributed by atoms with E-state index in [-0.39, 0.29) is 12.5 Å². The minimum Gasteiger partial charge on any atom is -0.481 e. The van der Waals surface area contributed by atoms with Crippen molar-refractivity contribution in [2.24, 2.45) is 5.92 Å². The van der Waals surface area contributed by atoms with Crippen LogP contribution >= 0.6 is 0 Å². The fraction of sp³-hybridized carbons (Fsp3) is 0.692. The van der Waals surface area contributed by atoms with Crippen molar-refractivity contribution in [3.63, 3.8) is 0 Å². The lowest BCUT2D eigenvalue weighted by molar-refractivity contribution is -0.137. The van der Waals surface area contributed by atoms with Crippen molar-refractivity contribution in [1.82, 2.24) is 20.4 Å². The van der Waals surface area contributed by atoms with Crippen LogP contribution in [0.25, 0.3) is 0 Å². The lowest BCUT2D eigenvalue weighted by atomic mass is 9.92. The van der Waals surface area contributed by atoms with E-state index < -0.39 is 5.97 Å². The largest absolute Gasteiger partial charge is 0.481 e. The lowest BCUT2D eigenvalue weighted by Crippen LogP contribution is -2.45. The van der Waals surface area contributed by atoms with Crippen molar-refractivity contribution in [2.75, 3.05) is 19.6 Å². The molecule has 1 aromatic rings. The predicted octanol–water partition coefficient (Wildman–Crippen LogP) is 0.898. The fourth-order valence-corrected chi connectivity index (χ4v) is 2.45. The van der Waals surface area contributed by atoms with Crippen LogP contribution in [0, 0.1) is 5.92 Å². The SMILES string of the molecule is O=C(O)CCC1CCN(C(=O)NCCc2ncon2)CC1. The minimum absolute atomic E-state index is 0.0878. The van der Waals surface area contributed by atoms with Crippen molar-refractivity contribution in [3.05, 3.63) is 12.2 Å². The van der Waals surface area contributed by atoms with E-state index in [4.69, 9.17) is 5.11 Å². The van der Waals surface area contributed by atoms with Gasteiger partial charge in [0, 0.05) is 32.5 Å². The number of carbonyl (C=O) groups is 2. The molecular weight excluding hydrogens is 276 g/mol. The number of piperidine rings is 1. The number of amides is 2. The number of likely N-dealkylation sites (tertiary alicyclic amines) is 1. The summed E-state index contributed by atoms with van der Waals surface area (Å²) in [5.74, 6) is 0.226. The average molecular weight is 296 g/mol. The molecular formula is C13H20N4O4. The molecule has 0 saturated carbocycles. The third-order valence-electron chi connectivity index (χ3n) is 3.70. The first-order valence-corrected chi connectivity index (χ1v) is 7.15. The Morgan fingerprint density at radius 2 is 2.19 bits per heavy atom. The molecule has 1 aliphatic heterocycles. The Morgan fingerprint density at radius 1 is 1.43 bits per heavy atom. The highest BCUT2D eigenvalue weighted by Crippen LogP contribution is 2.21. The Hall–Kier alpha value is -2.12. The number of aliphatic carboxylic acids is 1. The van der Waals surface area contributed by atoms with Crippen LogP contribution in [0.1, 0.15) is 31.5 Å². The molecule has 21 heavy (non-hydrogen) atoms. The number of carboxylic acid groups (broad SMARTS) is 1. The quantitative estimate of drug-likeness (QED) is 0.807. The smallest absolute Gasteiger partial charge is 0.317 e. The van der Waals surface area contributed by atoms with E-state index in [0.29, 0.717) is 44.2 Å². The van der Waals surface area contributed by atoms with Crippen LogP contribution in [0.15, 0.2) is 10.9 Å². The molecule has 1 aliphatic rings. The zero-order chi connectivity index (χ0) is 15.1. The van der Waals surface area contributed by atoms with Gasteiger partial charge >= 0.3 is 12.0 Å². The molecule has 116 valence electrons. The van der Waals surface area contributed by atoms with Gasteiger partial charge in [0.1, 0.15) is 0 Å². The zero-order valence-electron chi connectivity index (χ0n) is 11.8. The van der Waals surface area contributed by atoms with Gasteiger partial charge in [-0.05, 0) is 25.2 Å². The zero-order valence-corrected chi connectivity index (χ0v) is 11.8. The first kappa shape index (κ1) is 15.3. The van der Waals surface area contributed by atoms with Crippen LogP contribution < -0.4 is 5.32 Å². The van der Waals surface area contributed by atoms with E-state index in [9.17, 15) is 9.59 Å². The van der Waals surface area contributed by atoms with E-state index >= 15 is 0 Å². The molecule has 0 aromatic carbocycles. The number of aromatic nitrogens is 2. The number of carbonyl (C=O) groups excluding carboxylic acids is 1. The van der Waals surface area contributed by atoms with E-state index in [0.717, 1.165) is 12.8 Å². The summed E-state index contributed by atoms with van der Waals surface area (Å²) in [6.07, 6.45) is 4.44. The fourth-order valence-electron chi connectivity index (χ4n) is 2.45. The molecule has 1 saturated heterocycles. The number of nitrogens with zero attached hydrogens (tertiary/aromatic N) is 3. The Kier molecular flexibility index (Phi) is 5.53. The molecule has 0 unspecified atom stereocenters. The van der Waals surface area contributed by atoms with Gasteiger partial charge < -0.3 is 19.8 Å². The van der Waals surface area contributed by atoms with E-state index in [1.54, 1.807) is 4.90 Å². The summed E-state index contributed by atoms with van der Waals surface area (Å²) in [6.45, 7) is 1.83. The monoisotopic (exact) mass is 296 g/mol. The number of carboxylic acids is 1. The maximum Gasteiger partial charge on any atom is 0.317 e. The van der Waals surface area contributed by atoms with Crippen LogP contribution in [-0.4, -0.2) is 51.8 Å². The number of nitrogens with one attached hydrogen (secondary N) is 1. The molecule has 8 heteroatoms. The number of hydrogen-bond acceptors (Lipinski definition) is 5. The standard InChI is InChI=1S/C13H20N4O4/c18-12(19)2-1-10-4-7-17(8-5-10)13(20)14-6-3-11-15-9-21-16-11/h9-10H,1-8H2,(H,14,20)(H,18,19). The van der Waals surface area contributed by atoms with Gasteiger partial charge in [-0.2, -0.15) is 4.98 Å². The molecule has 8 nitrogen and oxygen atoms in total. The van der Waals surface area contributed by atoms with Gasteiger partial charge in [-0.25, -0.2) is 4.79 Å². The van der Waals surface area contributed by atoms with Gasteiger partial charge in [0.2, 0.25) is 6.39 Å². The first-order valence-electron chi connectivity index (χ1n) is 7.15. The van der Waals surface area contributed by atoms with Crippen molar-refractivity contribution in [1.29, 1.82) is 0 Å². The molecule has 2 rings (SSSR count). The van der Waals surface area contributed by atoms with Crippen LogP contribution in [0.2, 0.25) is 0 Å². The van der Waals surface area contributed by atoms with Gasteiger partial charge in [-0.15, -0.1) is 0 Å². The van der Waals surface area contributed by atoms with E-state index in [1.807, 2.05) is 0 Å². The Balaban J connectivity index is 1.62. The topological polar surface area (TPSA) is 109 Å². The molecule has 0 radical (unpaired) electrons. The molecule has 2 heterocycles. The summed E-state index contributed by atoms with van der Waals surface area (Å²) in [4.78, 5) is 28.1. The highest BCUT2D eigenvalue weighted by Gasteiger charge is 2.22. The van der Waals surface area contributed by atoms with Gasteiger partial charge in [0.15, 0.2) is 5.82 Å². The molecule has 0 bridgehead atoms. The van der Waals surface area contributed by atoms with Crippen molar-refractivity contribution in [3.8, 4) is 0 Å². The van der Waals surface area contributed by atoms with Crippen molar-refractivity contribution in [2.45, 2.75) is 32.1 Å². The van der Waals surface area contributed by atoms with Crippen molar-refractivity contribution >= 4 is 12.0 Å². The lowest BCUT2D eigenvalue weighted by Gasteiger charge is -2.31. The summed E-state index contributed by atoms with van der Waals surface area (Å²) >= 11 is 0. The maximum absolute atomic E-state index is 12.0. The van der Waals surface area contributed by atoms with E-state index in [2.05, 4.69) is 20.0 Å². The molecule has 0 aliphatic carbocycles. The average Bonchev–Trinajstić information content (AvgIpc) is 2.99. The summed E-state index contributed by atoms with van der Waals surface area (Å²) in [5.41, 5.74) is 0. The van der Waals surface area contributed by atoms with Crippen LogP contribution in [0.4, 0.5) is 4.79 Å². The molecule has 0 spiro atoms. The van der Waals surface area contributed by atoms with Gasteiger partial charge in [0.25, 0.3) is 0 Å². The van der Waals surface area contributed by atoms with Crippen LogP contribution in [0.3, 0.4) is 0 Å². The maximum atomic E-state index is 12.0. The van der Waals surface area contributed by atoms with E-state index in [1.165, 1.54) is 6.39 Å². The highest BCUT2D eigenvalue weighted by atomic mass is 16.5. The molecule has 2 amide bonds. The van der Waals surface area contributed by atoms with Crippen LogP contribution in [0.5, 0.6) is 0 Å². The molecule has 1 fully saturated rings. The molecule has 2 N–H and O–H groups in total. The number of urea groups is 1. The third kappa shape index (κ3) is 5.05. The van der Waals surface area contributed by atoms with Crippen LogP contribution in [-0.2, 0) is 11.2 Å². The Bertz CT molecular complexity index is 455. The minimum atomic E-state index is -0.753. The second-order valence-corrected chi connectivity index (χ2v) is 5.19. The van der Waals surface area contributed by atoms with Gasteiger partial charge in [-0.1, -0.05) is 5.16 Å². The van der Waals surface area contributed by atoms with Gasteiger partial charge in [-0.3, -0.25) is 4.79 Å². The van der Waals surface area contributed by atoms with Gasteiger partial charge in [0.05, 0.1) is 0 Å². The number of hydrogen-bond donors (Lipinski definition) is 2. The Labute approximate surface area is 122 Å². The third-order valence-corrected chi connectivity index (χ3v) is 3.70. The summed E-state index contributed by atoms with van der Waals surface area (Å²) < 4.78 is 4.61. The molecule has 0 atom stereocenters. The summed E-state index contributed by atoms with van der Waals surface area (Å²) in [5, 5.41) is 15.2. The normalized spacial score (nSPS) is 15.9. The highest BCUT2D eigenvalue weighted by molar-refractivity contribution is 5.74. The first-order chi connectivity index (χ1) is 10.1. The summed E-state index contributed by atoms with van der Waals surface area (Å²) in [6, 6.07) is -0.0878. The predicted molar refractivity (Wildman–Crippen MR) is 72.6 cm³/mol.